The Balaban J connectivity index is 0.000000406. The molecule has 1 aromatic rings. The molecule has 0 saturated carbocycles. The average molecular weight is 315 g/mol. The summed E-state index contributed by atoms with van der Waals surface area (Å²) in [5.74, 6) is 0. The summed E-state index contributed by atoms with van der Waals surface area (Å²) in [6.07, 6.45) is 14.7. The standard InChI is InChI=1S/C12H18.C9H12S/c1-5-8-10-12(7-3)11(4)9-6-2;1-3-5-8(2)9-6-4-7-10-9/h5,7-10H,3,6H2,1-2,4H3;4-7H,3H2,1-2H3/b8-5-,11-9+,12-10+;8-5+. The molecule has 0 fully saturated rings. The largest absolute Gasteiger partial charge is 0.144 e. The highest BCUT2D eigenvalue weighted by molar-refractivity contribution is 7.11. The van der Waals surface area contributed by atoms with Crippen LogP contribution in [0.1, 0.15) is 52.3 Å². The zero-order valence-electron chi connectivity index (χ0n) is 14.7. The van der Waals surface area contributed by atoms with E-state index in [1.807, 2.05) is 25.2 Å². The van der Waals surface area contributed by atoms with Gasteiger partial charge in [-0.25, -0.2) is 0 Å². The molecule has 0 saturated heterocycles. The molecule has 1 aromatic heterocycles. The third-order valence-corrected chi connectivity index (χ3v) is 4.08. The van der Waals surface area contributed by atoms with E-state index in [2.05, 4.69) is 70.0 Å². The van der Waals surface area contributed by atoms with E-state index in [4.69, 9.17) is 0 Å². The Kier molecular flexibility index (Phi) is 12.1. The van der Waals surface area contributed by atoms with E-state index in [1.165, 1.54) is 21.6 Å². The average Bonchev–Trinajstić information content (AvgIpc) is 3.04. The molecule has 0 aliphatic rings. The molecule has 0 aliphatic heterocycles. The van der Waals surface area contributed by atoms with E-state index >= 15 is 0 Å². The third-order valence-electron chi connectivity index (χ3n) is 3.07. The molecule has 1 heteroatoms. The summed E-state index contributed by atoms with van der Waals surface area (Å²) in [5, 5.41) is 2.11. The normalized spacial score (nSPS) is 13.0. The van der Waals surface area contributed by atoms with Crippen molar-refractivity contribution >= 4 is 16.9 Å². The van der Waals surface area contributed by atoms with E-state index in [0.29, 0.717) is 0 Å². The second-order valence-electron chi connectivity index (χ2n) is 4.92. The molecule has 0 nitrogen and oxygen atoms in total. The highest BCUT2D eigenvalue weighted by Crippen LogP contribution is 2.19. The van der Waals surface area contributed by atoms with Gasteiger partial charge in [-0.05, 0) is 61.8 Å². The van der Waals surface area contributed by atoms with E-state index in [1.54, 1.807) is 11.3 Å². The molecule has 0 bridgehead atoms. The van der Waals surface area contributed by atoms with Crippen molar-refractivity contribution in [2.45, 2.75) is 47.5 Å². The quantitative estimate of drug-likeness (QED) is 0.474. The highest BCUT2D eigenvalue weighted by atomic mass is 32.1. The first-order valence-electron chi connectivity index (χ1n) is 7.93. The summed E-state index contributed by atoms with van der Waals surface area (Å²) in [7, 11) is 0. The fraction of sp³-hybridized carbons (Fsp3) is 0.333. The lowest BCUT2D eigenvalue weighted by molar-refractivity contribution is 1.19. The topological polar surface area (TPSA) is 0 Å². The van der Waals surface area contributed by atoms with Crippen LogP contribution in [0.15, 0.2) is 71.7 Å². The number of hydrogen-bond acceptors (Lipinski definition) is 1. The minimum absolute atomic E-state index is 1.08. The van der Waals surface area contributed by atoms with Crippen molar-refractivity contribution in [2.75, 3.05) is 0 Å². The maximum atomic E-state index is 3.77. The summed E-state index contributed by atoms with van der Waals surface area (Å²) >= 11 is 1.80. The fourth-order valence-corrected chi connectivity index (χ4v) is 2.62. The first-order chi connectivity index (χ1) is 10.6. The molecule has 22 heavy (non-hydrogen) atoms. The van der Waals surface area contributed by atoms with Gasteiger partial charge >= 0.3 is 0 Å². The van der Waals surface area contributed by atoms with Gasteiger partial charge < -0.3 is 0 Å². The second kappa shape index (κ2) is 13.1. The van der Waals surface area contributed by atoms with Gasteiger partial charge in [0.1, 0.15) is 0 Å². The first-order valence-corrected chi connectivity index (χ1v) is 8.81. The Morgan fingerprint density at radius 2 is 1.86 bits per heavy atom. The number of allylic oxidation sites excluding steroid dienone is 9. The lowest BCUT2D eigenvalue weighted by Crippen LogP contribution is -1.79. The first kappa shape index (κ1) is 20.4. The Bertz CT molecular complexity index is 522. The maximum absolute atomic E-state index is 3.77. The fourth-order valence-electron chi connectivity index (χ4n) is 1.89. The minimum Gasteiger partial charge on any atom is -0.144 e. The van der Waals surface area contributed by atoms with Gasteiger partial charge in [0.25, 0.3) is 0 Å². The van der Waals surface area contributed by atoms with Crippen molar-refractivity contribution in [1.29, 1.82) is 0 Å². The maximum Gasteiger partial charge on any atom is 0.0296 e. The zero-order valence-corrected chi connectivity index (χ0v) is 15.5. The molecule has 0 aromatic carbocycles. The van der Waals surface area contributed by atoms with Crippen LogP contribution in [0.2, 0.25) is 0 Å². The van der Waals surface area contributed by atoms with Crippen LogP contribution >= 0.6 is 11.3 Å². The van der Waals surface area contributed by atoms with Crippen LogP contribution in [0.5, 0.6) is 0 Å². The van der Waals surface area contributed by atoms with E-state index in [9.17, 15) is 0 Å². The molecular formula is C21H30S. The molecular weight excluding hydrogens is 284 g/mol. The highest BCUT2D eigenvalue weighted by Gasteiger charge is 1.92. The monoisotopic (exact) mass is 314 g/mol. The third kappa shape index (κ3) is 8.63. The molecule has 1 heterocycles. The zero-order chi connectivity index (χ0) is 16.8. The Morgan fingerprint density at radius 1 is 1.18 bits per heavy atom. The minimum atomic E-state index is 1.08. The smallest absolute Gasteiger partial charge is 0.0296 e. The van der Waals surface area contributed by atoms with Crippen molar-refractivity contribution in [3.63, 3.8) is 0 Å². The van der Waals surface area contributed by atoms with Crippen LogP contribution in [0.25, 0.3) is 5.57 Å². The summed E-state index contributed by atoms with van der Waals surface area (Å²) in [5.41, 5.74) is 3.90. The molecule has 0 aliphatic carbocycles. The van der Waals surface area contributed by atoms with Gasteiger partial charge in [-0.1, -0.05) is 62.9 Å². The molecule has 0 unspecified atom stereocenters. The molecule has 0 amide bonds. The molecule has 120 valence electrons. The van der Waals surface area contributed by atoms with Crippen molar-refractivity contribution in [1.82, 2.24) is 0 Å². The van der Waals surface area contributed by atoms with E-state index in [0.717, 1.165) is 12.8 Å². The Labute approximate surface area is 141 Å². The number of hydrogen-bond donors (Lipinski definition) is 0. The Morgan fingerprint density at radius 3 is 2.32 bits per heavy atom. The van der Waals surface area contributed by atoms with Crippen molar-refractivity contribution in [3.8, 4) is 0 Å². The summed E-state index contributed by atoms with van der Waals surface area (Å²) in [6, 6.07) is 4.25. The molecule has 0 radical (unpaired) electrons. The van der Waals surface area contributed by atoms with Gasteiger partial charge in [0.2, 0.25) is 0 Å². The summed E-state index contributed by atoms with van der Waals surface area (Å²) in [4.78, 5) is 1.39. The van der Waals surface area contributed by atoms with Gasteiger partial charge in [0.05, 0.1) is 0 Å². The van der Waals surface area contributed by atoms with Gasteiger partial charge in [0, 0.05) is 4.88 Å². The van der Waals surface area contributed by atoms with Crippen molar-refractivity contribution in [2.24, 2.45) is 0 Å². The summed E-state index contributed by atoms with van der Waals surface area (Å²) < 4.78 is 0. The molecule has 1 rings (SSSR count). The number of thiophene rings is 1. The van der Waals surface area contributed by atoms with E-state index < -0.39 is 0 Å². The molecule has 0 spiro atoms. The van der Waals surface area contributed by atoms with E-state index in [-0.39, 0.29) is 0 Å². The van der Waals surface area contributed by atoms with Gasteiger partial charge in [-0.3, -0.25) is 0 Å². The Hall–Kier alpha value is -1.60. The van der Waals surface area contributed by atoms with Gasteiger partial charge in [-0.2, -0.15) is 0 Å². The molecule has 0 N–H and O–H groups in total. The summed E-state index contributed by atoms with van der Waals surface area (Å²) in [6.45, 7) is 14.4. The number of rotatable bonds is 6. The van der Waals surface area contributed by atoms with Crippen molar-refractivity contribution in [3.05, 3.63) is 76.6 Å². The predicted molar refractivity (Wildman–Crippen MR) is 105 cm³/mol. The lowest BCUT2D eigenvalue weighted by atomic mass is 10.1. The van der Waals surface area contributed by atoms with Crippen molar-refractivity contribution < 1.29 is 0 Å². The van der Waals surface area contributed by atoms with Crippen LogP contribution in [0.3, 0.4) is 0 Å². The predicted octanol–water partition coefficient (Wildman–Crippen LogP) is 7.59. The van der Waals surface area contributed by atoms with Crippen LogP contribution in [0.4, 0.5) is 0 Å². The lowest BCUT2D eigenvalue weighted by Gasteiger charge is -1.99. The molecule has 0 atom stereocenters. The van der Waals surface area contributed by atoms with Gasteiger partial charge in [0.15, 0.2) is 0 Å². The van der Waals surface area contributed by atoms with Crippen LogP contribution in [-0.2, 0) is 0 Å². The second-order valence-corrected chi connectivity index (χ2v) is 5.87. The van der Waals surface area contributed by atoms with Crippen LogP contribution in [-0.4, -0.2) is 0 Å². The van der Waals surface area contributed by atoms with Crippen LogP contribution < -0.4 is 0 Å². The SMILES string of the molecule is C=CC(=C\C=C/C)/C(C)=C/CC.CC/C=C(\C)c1cccs1. The van der Waals surface area contributed by atoms with Crippen LogP contribution in [0, 0.1) is 0 Å². The van der Waals surface area contributed by atoms with Gasteiger partial charge in [-0.15, -0.1) is 11.3 Å².